The highest BCUT2D eigenvalue weighted by Crippen LogP contribution is 2.24. The predicted molar refractivity (Wildman–Crippen MR) is 63.5 cm³/mol. The van der Waals surface area contributed by atoms with Crippen LogP contribution in [0.15, 0.2) is 23.3 Å². The summed E-state index contributed by atoms with van der Waals surface area (Å²) in [7, 11) is 0. The van der Waals surface area contributed by atoms with Crippen molar-refractivity contribution in [2.24, 2.45) is 5.10 Å². The standard InChI is InChI=1S/C8H6ClN7O2/c9-6-2-1-5(3-7(6)16(17)18)4-10-11-8-12-14-15-13-8/h1-4H,(H2,11,12,13,14,15)/b10-4+. The molecule has 0 bridgehead atoms. The second-order valence-corrected chi connectivity index (χ2v) is 3.48. The third-order valence-electron chi connectivity index (χ3n) is 1.89. The quantitative estimate of drug-likeness (QED) is 0.488. The van der Waals surface area contributed by atoms with Crippen LogP contribution in [0.25, 0.3) is 0 Å². The Hall–Kier alpha value is -2.55. The lowest BCUT2D eigenvalue weighted by Gasteiger charge is -1.96. The molecule has 92 valence electrons. The number of nitro benzene ring substituents is 1. The summed E-state index contributed by atoms with van der Waals surface area (Å²) in [6.07, 6.45) is 1.37. The molecule has 0 saturated carbocycles. The second-order valence-electron chi connectivity index (χ2n) is 3.07. The fraction of sp³-hybridized carbons (Fsp3) is 0. The van der Waals surface area contributed by atoms with E-state index in [2.05, 4.69) is 31.2 Å². The second kappa shape index (κ2) is 5.19. The zero-order valence-electron chi connectivity index (χ0n) is 8.74. The maximum Gasteiger partial charge on any atom is 0.288 e. The number of hydrogen-bond donors (Lipinski definition) is 2. The number of nitro groups is 1. The fourth-order valence-electron chi connectivity index (χ4n) is 1.12. The van der Waals surface area contributed by atoms with Gasteiger partial charge in [-0.1, -0.05) is 22.8 Å². The van der Waals surface area contributed by atoms with Gasteiger partial charge >= 0.3 is 0 Å². The van der Waals surface area contributed by atoms with E-state index >= 15 is 0 Å². The van der Waals surface area contributed by atoms with E-state index in [4.69, 9.17) is 11.6 Å². The van der Waals surface area contributed by atoms with E-state index in [0.29, 0.717) is 5.56 Å². The molecule has 0 radical (unpaired) electrons. The molecule has 18 heavy (non-hydrogen) atoms. The highest BCUT2D eigenvalue weighted by molar-refractivity contribution is 6.32. The summed E-state index contributed by atoms with van der Waals surface area (Å²) in [6, 6.07) is 4.33. The third kappa shape index (κ3) is 2.77. The van der Waals surface area contributed by atoms with Gasteiger partial charge in [0.25, 0.3) is 11.6 Å². The first kappa shape index (κ1) is 11.9. The number of hydrazone groups is 1. The molecule has 10 heteroatoms. The van der Waals surface area contributed by atoms with E-state index in [1.54, 1.807) is 6.07 Å². The van der Waals surface area contributed by atoms with Gasteiger partial charge in [0, 0.05) is 11.6 Å². The van der Waals surface area contributed by atoms with E-state index in [1.807, 2.05) is 0 Å². The maximum absolute atomic E-state index is 10.7. The SMILES string of the molecule is O=[N+]([O-])c1cc(/C=N/Nc2nn[nH]n2)ccc1Cl. The van der Waals surface area contributed by atoms with Gasteiger partial charge in [0.2, 0.25) is 0 Å². The summed E-state index contributed by atoms with van der Waals surface area (Å²) in [5.41, 5.74) is 2.82. The van der Waals surface area contributed by atoms with Crippen molar-refractivity contribution in [3.63, 3.8) is 0 Å². The lowest BCUT2D eigenvalue weighted by Crippen LogP contribution is -1.94. The summed E-state index contributed by atoms with van der Waals surface area (Å²) in [4.78, 5) is 10.1. The first-order valence-corrected chi connectivity index (χ1v) is 5.01. The Morgan fingerprint density at radius 2 is 2.39 bits per heavy atom. The van der Waals surface area contributed by atoms with Gasteiger partial charge in [-0.2, -0.15) is 10.3 Å². The van der Waals surface area contributed by atoms with Crippen molar-refractivity contribution in [1.82, 2.24) is 20.6 Å². The number of aromatic nitrogens is 4. The largest absolute Gasteiger partial charge is 0.288 e. The van der Waals surface area contributed by atoms with Crippen molar-refractivity contribution in [1.29, 1.82) is 0 Å². The number of anilines is 1. The van der Waals surface area contributed by atoms with Gasteiger partial charge in [-0.3, -0.25) is 10.1 Å². The molecule has 0 aliphatic carbocycles. The average Bonchev–Trinajstić information content (AvgIpc) is 2.84. The number of benzene rings is 1. The van der Waals surface area contributed by atoms with Crippen LogP contribution in [0.2, 0.25) is 5.02 Å². The average molecular weight is 268 g/mol. The Morgan fingerprint density at radius 3 is 3.06 bits per heavy atom. The molecule has 9 nitrogen and oxygen atoms in total. The smallest absolute Gasteiger partial charge is 0.258 e. The van der Waals surface area contributed by atoms with Crippen LogP contribution in [0.1, 0.15) is 5.56 Å². The van der Waals surface area contributed by atoms with Crippen LogP contribution in [-0.4, -0.2) is 31.8 Å². The number of halogens is 1. The number of nitrogens with one attached hydrogen (secondary N) is 2. The topological polar surface area (TPSA) is 122 Å². The normalized spacial score (nSPS) is 10.7. The van der Waals surface area contributed by atoms with Crippen molar-refractivity contribution < 1.29 is 4.92 Å². The molecule has 0 aliphatic rings. The van der Waals surface area contributed by atoms with Gasteiger partial charge in [-0.25, -0.2) is 5.43 Å². The van der Waals surface area contributed by atoms with Crippen LogP contribution in [0, 0.1) is 10.1 Å². The Morgan fingerprint density at radius 1 is 1.56 bits per heavy atom. The number of hydrogen-bond acceptors (Lipinski definition) is 7. The zero-order valence-corrected chi connectivity index (χ0v) is 9.50. The van der Waals surface area contributed by atoms with Crippen molar-refractivity contribution in [2.45, 2.75) is 0 Å². The summed E-state index contributed by atoms with van der Waals surface area (Å²) in [5.74, 6) is 0.190. The lowest BCUT2D eigenvalue weighted by molar-refractivity contribution is -0.384. The van der Waals surface area contributed by atoms with Crippen molar-refractivity contribution in [3.05, 3.63) is 38.9 Å². The van der Waals surface area contributed by atoms with Crippen LogP contribution in [0.4, 0.5) is 11.6 Å². The molecule has 0 unspecified atom stereocenters. The molecule has 0 fully saturated rings. The monoisotopic (exact) mass is 267 g/mol. The van der Waals surface area contributed by atoms with Gasteiger partial charge in [-0.15, -0.1) is 5.10 Å². The molecular formula is C8H6ClN7O2. The molecule has 0 atom stereocenters. The van der Waals surface area contributed by atoms with Crippen LogP contribution < -0.4 is 5.43 Å². The minimum atomic E-state index is -0.563. The van der Waals surface area contributed by atoms with E-state index in [0.717, 1.165) is 0 Å². The van der Waals surface area contributed by atoms with Crippen LogP contribution >= 0.6 is 11.6 Å². The summed E-state index contributed by atoms with van der Waals surface area (Å²) in [5, 5.41) is 27.3. The molecule has 0 spiro atoms. The molecule has 1 aromatic heterocycles. The highest BCUT2D eigenvalue weighted by atomic mass is 35.5. The molecular weight excluding hydrogens is 262 g/mol. The van der Waals surface area contributed by atoms with Crippen LogP contribution in [0.3, 0.4) is 0 Å². The van der Waals surface area contributed by atoms with E-state index in [-0.39, 0.29) is 16.7 Å². The Labute approximate surface area is 105 Å². The van der Waals surface area contributed by atoms with Gasteiger partial charge in [0.1, 0.15) is 5.02 Å². The molecule has 1 aromatic carbocycles. The van der Waals surface area contributed by atoms with Crippen LogP contribution in [0.5, 0.6) is 0 Å². The van der Waals surface area contributed by atoms with Crippen LogP contribution in [-0.2, 0) is 0 Å². The van der Waals surface area contributed by atoms with E-state index in [1.165, 1.54) is 18.3 Å². The van der Waals surface area contributed by atoms with Crippen molar-refractivity contribution >= 4 is 29.5 Å². The number of H-pyrrole nitrogens is 1. The first-order chi connectivity index (χ1) is 8.66. The third-order valence-corrected chi connectivity index (χ3v) is 2.21. The molecule has 0 amide bonds. The minimum absolute atomic E-state index is 0.0725. The zero-order chi connectivity index (χ0) is 13.0. The molecule has 2 N–H and O–H groups in total. The minimum Gasteiger partial charge on any atom is -0.258 e. The lowest BCUT2D eigenvalue weighted by atomic mass is 10.2. The van der Waals surface area contributed by atoms with Gasteiger partial charge in [0.15, 0.2) is 0 Å². The summed E-state index contributed by atoms with van der Waals surface area (Å²) < 4.78 is 0. The highest BCUT2D eigenvalue weighted by Gasteiger charge is 2.11. The Kier molecular flexibility index (Phi) is 3.44. The maximum atomic E-state index is 10.7. The Balaban J connectivity index is 2.12. The number of nitrogens with zero attached hydrogens (tertiary/aromatic N) is 5. The molecule has 2 aromatic rings. The van der Waals surface area contributed by atoms with Crippen molar-refractivity contribution in [2.75, 3.05) is 5.43 Å². The number of tetrazole rings is 1. The van der Waals surface area contributed by atoms with Crippen molar-refractivity contribution in [3.8, 4) is 0 Å². The van der Waals surface area contributed by atoms with E-state index < -0.39 is 4.92 Å². The fourth-order valence-corrected chi connectivity index (χ4v) is 1.31. The molecule has 0 saturated heterocycles. The number of aromatic amines is 1. The number of rotatable bonds is 4. The van der Waals surface area contributed by atoms with Gasteiger partial charge < -0.3 is 0 Å². The molecule has 1 heterocycles. The summed E-state index contributed by atoms with van der Waals surface area (Å²) >= 11 is 5.67. The Bertz CT molecular complexity index is 583. The summed E-state index contributed by atoms with van der Waals surface area (Å²) in [6.45, 7) is 0. The van der Waals surface area contributed by atoms with Gasteiger partial charge in [0.05, 0.1) is 11.1 Å². The first-order valence-electron chi connectivity index (χ1n) is 4.63. The molecule has 0 aliphatic heterocycles. The predicted octanol–water partition coefficient (Wildman–Crippen LogP) is 1.21. The van der Waals surface area contributed by atoms with Gasteiger partial charge in [-0.05, 0) is 11.3 Å². The molecule has 2 rings (SSSR count). The van der Waals surface area contributed by atoms with E-state index in [9.17, 15) is 10.1 Å².